The molecule has 8 nitrogen and oxygen atoms in total. The molecule has 1 aliphatic rings. The van der Waals surface area contributed by atoms with Crippen LogP contribution in [0, 0.1) is 0 Å². The summed E-state index contributed by atoms with van der Waals surface area (Å²) in [4.78, 5) is 20.5. The van der Waals surface area contributed by atoms with E-state index < -0.39 is 0 Å². The van der Waals surface area contributed by atoms with Crippen LogP contribution in [0.1, 0.15) is 10.5 Å². The highest BCUT2D eigenvalue weighted by atomic mass is 16.7. The molecule has 2 aromatic rings. The molecule has 1 aromatic carbocycles. The molecule has 0 spiro atoms. The molecule has 1 amide bonds. The summed E-state index contributed by atoms with van der Waals surface area (Å²) in [5.74, 6) is 1.31. The molecule has 8 heteroatoms. The van der Waals surface area contributed by atoms with Gasteiger partial charge in [0.05, 0.1) is 6.61 Å². The number of ether oxygens (including phenoxy) is 3. The van der Waals surface area contributed by atoms with Gasteiger partial charge in [-0.2, -0.15) is 0 Å². The molecule has 0 fully saturated rings. The summed E-state index contributed by atoms with van der Waals surface area (Å²) in [7, 11) is 1.61. The highest BCUT2D eigenvalue weighted by Gasteiger charge is 2.15. The fraction of sp³-hybridized carbons (Fsp3) is 0.267. The minimum absolute atomic E-state index is 0.190. The maximum atomic E-state index is 12.3. The predicted molar refractivity (Wildman–Crippen MR) is 82.9 cm³/mol. The van der Waals surface area contributed by atoms with Crippen molar-refractivity contribution in [1.29, 1.82) is 0 Å². The monoisotopic (exact) mass is 316 g/mol. The number of nitrogens with zero attached hydrogens (tertiary/aromatic N) is 2. The molecule has 0 saturated carbocycles. The van der Waals surface area contributed by atoms with Crippen molar-refractivity contribution in [3.63, 3.8) is 0 Å². The van der Waals surface area contributed by atoms with Crippen molar-refractivity contribution in [2.45, 2.75) is 0 Å². The average molecular weight is 316 g/mol. The zero-order valence-corrected chi connectivity index (χ0v) is 12.5. The predicted octanol–water partition coefficient (Wildman–Crippen LogP) is 1.52. The number of carbonyl (C=O) groups excluding carboxylic acids is 1. The number of anilines is 2. The Morgan fingerprint density at radius 3 is 3.04 bits per heavy atom. The lowest BCUT2D eigenvalue weighted by Crippen LogP contribution is -2.16. The van der Waals surface area contributed by atoms with E-state index >= 15 is 0 Å². The Bertz CT molecular complexity index is 708. The topological polar surface area (TPSA) is 94.6 Å². The summed E-state index contributed by atoms with van der Waals surface area (Å²) in [5, 5.41) is 5.74. The van der Waals surface area contributed by atoms with E-state index in [1.54, 1.807) is 31.4 Å². The van der Waals surface area contributed by atoms with E-state index in [0.717, 1.165) is 0 Å². The van der Waals surface area contributed by atoms with Gasteiger partial charge in [-0.3, -0.25) is 4.79 Å². The van der Waals surface area contributed by atoms with Crippen LogP contribution in [0.25, 0.3) is 0 Å². The third-order valence-corrected chi connectivity index (χ3v) is 3.11. The molecule has 2 heterocycles. The number of hydrogen-bond donors (Lipinski definition) is 2. The Labute approximate surface area is 132 Å². The largest absolute Gasteiger partial charge is 0.454 e. The van der Waals surface area contributed by atoms with Gasteiger partial charge in [0.1, 0.15) is 5.69 Å². The van der Waals surface area contributed by atoms with E-state index in [2.05, 4.69) is 20.6 Å². The summed E-state index contributed by atoms with van der Waals surface area (Å²) in [6, 6.07) is 6.74. The van der Waals surface area contributed by atoms with Gasteiger partial charge in [0.25, 0.3) is 5.91 Å². The van der Waals surface area contributed by atoms with Gasteiger partial charge in [0.2, 0.25) is 12.7 Å². The van der Waals surface area contributed by atoms with Crippen molar-refractivity contribution in [1.82, 2.24) is 9.97 Å². The van der Waals surface area contributed by atoms with Crippen LogP contribution in [0.5, 0.6) is 11.5 Å². The number of benzene rings is 1. The van der Waals surface area contributed by atoms with Gasteiger partial charge < -0.3 is 24.8 Å². The molecule has 0 saturated heterocycles. The number of fused-ring (bicyclic) bond motifs is 1. The Balaban J connectivity index is 1.67. The van der Waals surface area contributed by atoms with E-state index in [1.807, 2.05) is 0 Å². The summed E-state index contributed by atoms with van der Waals surface area (Å²) >= 11 is 0. The van der Waals surface area contributed by atoms with Crippen molar-refractivity contribution < 1.29 is 19.0 Å². The molecule has 0 aliphatic carbocycles. The smallest absolute Gasteiger partial charge is 0.274 e. The quantitative estimate of drug-likeness (QED) is 0.780. The molecular weight excluding hydrogens is 300 g/mol. The summed E-state index contributed by atoms with van der Waals surface area (Å²) in [6.07, 6.45) is 1.52. The lowest BCUT2D eigenvalue weighted by atomic mass is 10.2. The number of carbonyl (C=O) groups is 1. The van der Waals surface area contributed by atoms with Crippen LogP contribution >= 0.6 is 0 Å². The summed E-state index contributed by atoms with van der Waals surface area (Å²) < 4.78 is 15.4. The maximum absolute atomic E-state index is 12.3. The van der Waals surface area contributed by atoms with Crippen LogP contribution in [0.3, 0.4) is 0 Å². The highest BCUT2D eigenvalue weighted by Crippen LogP contribution is 2.34. The summed E-state index contributed by atoms with van der Waals surface area (Å²) in [6.45, 7) is 1.27. The molecule has 23 heavy (non-hydrogen) atoms. The lowest BCUT2D eigenvalue weighted by Gasteiger charge is -2.07. The minimum atomic E-state index is -0.332. The van der Waals surface area contributed by atoms with Crippen LogP contribution in [0.2, 0.25) is 0 Å². The number of rotatable bonds is 6. The van der Waals surface area contributed by atoms with E-state index in [1.165, 1.54) is 6.20 Å². The molecular formula is C15H16N4O4. The SMILES string of the molecule is COCCNc1nccc(C(=O)Nc2ccc3c(c2)OCO3)n1. The van der Waals surface area contributed by atoms with Crippen molar-refractivity contribution in [2.24, 2.45) is 0 Å². The Morgan fingerprint density at radius 1 is 1.30 bits per heavy atom. The Hall–Kier alpha value is -2.87. The number of amides is 1. The number of methoxy groups -OCH3 is 1. The first kappa shape index (κ1) is 15.0. The zero-order valence-electron chi connectivity index (χ0n) is 12.5. The second-order valence-corrected chi connectivity index (χ2v) is 4.71. The van der Waals surface area contributed by atoms with Crippen molar-refractivity contribution in [3.8, 4) is 11.5 Å². The number of aromatic nitrogens is 2. The third kappa shape index (κ3) is 3.67. The van der Waals surface area contributed by atoms with E-state index in [-0.39, 0.29) is 18.4 Å². The molecule has 120 valence electrons. The number of nitrogens with one attached hydrogen (secondary N) is 2. The average Bonchev–Trinajstić information content (AvgIpc) is 3.03. The van der Waals surface area contributed by atoms with Crippen LogP contribution in [-0.2, 0) is 4.74 Å². The fourth-order valence-electron chi connectivity index (χ4n) is 2.00. The van der Waals surface area contributed by atoms with Crippen molar-refractivity contribution in [3.05, 3.63) is 36.2 Å². The molecule has 1 aromatic heterocycles. The first-order chi connectivity index (χ1) is 11.3. The standard InChI is InChI=1S/C15H16N4O4/c1-21-7-6-17-15-16-5-4-11(19-15)14(20)18-10-2-3-12-13(8-10)23-9-22-12/h2-5,8H,6-7,9H2,1H3,(H,18,20)(H,16,17,19). The molecule has 1 aliphatic heterocycles. The molecule has 0 atom stereocenters. The highest BCUT2D eigenvalue weighted by molar-refractivity contribution is 6.03. The van der Waals surface area contributed by atoms with E-state index in [9.17, 15) is 4.79 Å². The van der Waals surface area contributed by atoms with Gasteiger partial charge in [0, 0.05) is 31.6 Å². The second-order valence-electron chi connectivity index (χ2n) is 4.71. The first-order valence-electron chi connectivity index (χ1n) is 7.03. The van der Waals surface area contributed by atoms with Gasteiger partial charge in [-0.25, -0.2) is 9.97 Å². The fourth-order valence-corrected chi connectivity index (χ4v) is 2.00. The zero-order chi connectivity index (χ0) is 16.1. The van der Waals surface area contributed by atoms with Crippen LogP contribution < -0.4 is 20.1 Å². The van der Waals surface area contributed by atoms with Crippen LogP contribution in [-0.4, -0.2) is 42.9 Å². The van der Waals surface area contributed by atoms with Gasteiger partial charge in [-0.15, -0.1) is 0 Å². The number of hydrogen-bond acceptors (Lipinski definition) is 7. The van der Waals surface area contributed by atoms with Gasteiger partial charge in [-0.05, 0) is 18.2 Å². The lowest BCUT2D eigenvalue weighted by molar-refractivity contribution is 0.102. The van der Waals surface area contributed by atoms with Crippen LogP contribution in [0.15, 0.2) is 30.5 Å². The van der Waals surface area contributed by atoms with Gasteiger partial charge >= 0.3 is 0 Å². The normalized spacial score (nSPS) is 12.0. The van der Waals surface area contributed by atoms with Crippen LogP contribution in [0.4, 0.5) is 11.6 Å². The molecule has 0 radical (unpaired) electrons. The molecule has 2 N–H and O–H groups in total. The molecule has 0 bridgehead atoms. The molecule has 3 rings (SSSR count). The van der Waals surface area contributed by atoms with Crippen molar-refractivity contribution in [2.75, 3.05) is 37.7 Å². The summed E-state index contributed by atoms with van der Waals surface area (Å²) in [5.41, 5.74) is 0.865. The second kappa shape index (κ2) is 6.93. The first-order valence-corrected chi connectivity index (χ1v) is 7.03. The van der Waals surface area contributed by atoms with E-state index in [4.69, 9.17) is 14.2 Å². The van der Waals surface area contributed by atoms with Gasteiger partial charge in [-0.1, -0.05) is 0 Å². The molecule has 0 unspecified atom stereocenters. The van der Waals surface area contributed by atoms with E-state index in [0.29, 0.717) is 36.3 Å². The minimum Gasteiger partial charge on any atom is -0.454 e. The third-order valence-electron chi connectivity index (χ3n) is 3.11. The maximum Gasteiger partial charge on any atom is 0.274 e. The Morgan fingerprint density at radius 2 is 2.17 bits per heavy atom. The Kier molecular flexibility index (Phi) is 4.53. The van der Waals surface area contributed by atoms with Gasteiger partial charge in [0.15, 0.2) is 11.5 Å². The van der Waals surface area contributed by atoms with Crippen molar-refractivity contribution >= 4 is 17.5 Å².